The van der Waals surface area contributed by atoms with Crippen molar-refractivity contribution in [2.45, 2.75) is 13.0 Å². The number of nitrogens with zero attached hydrogens (tertiary/aromatic N) is 2. The van der Waals surface area contributed by atoms with Crippen molar-refractivity contribution >= 4 is 17.6 Å². The van der Waals surface area contributed by atoms with Crippen LogP contribution in [0.15, 0.2) is 24.3 Å². The molecule has 1 aromatic carbocycles. The molecule has 2 aromatic rings. The summed E-state index contributed by atoms with van der Waals surface area (Å²) in [6.45, 7) is 0.400. The van der Waals surface area contributed by atoms with E-state index in [2.05, 4.69) is 10.4 Å². The minimum Gasteiger partial charge on any atom is -0.497 e. The maximum atomic E-state index is 11.8. The van der Waals surface area contributed by atoms with Gasteiger partial charge in [-0.15, -0.1) is 0 Å². The van der Waals surface area contributed by atoms with Crippen LogP contribution in [0, 0.1) is 0 Å². The fourth-order valence-electron chi connectivity index (χ4n) is 2.35. The smallest absolute Gasteiger partial charge is 0.263 e. The molecule has 2 amide bonds. The molecular formula is C14H14N4O3. The van der Waals surface area contributed by atoms with Crippen LogP contribution in [0.4, 0.5) is 5.82 Å². The van der Waals surface area contributed by atoms with Crippen molar-refractivity contribution in [3.8, 4) is 5.75 Å². The molecule has 0 bridgehead atoms. The second-order valence-corrected chi connectivity index (χ2v) is 4.77. The van der Waals surface area contributed by atoms with Crippen LogP contribution >= 0.6 is 0 Å². The zero-order chi connectivity index (χ0) is 15.0. The monoisotopic (exact) mass is 286 g/mol. The first-order valence-corrected chi connectivity index (χ1v) is 6.40. The first-order chi connectivity index (χ1) is 10.1. The van der Waals surface area contributed by atoms with E-state index in [4.69, 9.17) is 10.5 Å². The highest BCUT2D eigenvalue weighted by Gasteiger charge is 2.29. The van der Waals surface area contributed by atoms with Crippen molar-refractivity contribution < 1.29 is 14.3 Å². The minimum atomic E-state index is -0.490. The summed E-state index contributed by atoms with van der Waals surface area (Å²) in [7, 11) is 1.59. The van der Waals surface area contributed by atoms with Crippen molar-refractivity contribution in [3.63, 3.8) is 0 Å². The van der Waals surface area contributed by atoms with Gasteiger partial charge in [0.25, 0.3) is 5.91 Å². The Balaban J connectivity index is 1.95. The lowest BCUT2D eigenvalue weighted by atomic mass is 10.1. The van der Waals surface area contributed by atoms with Gasteiger partial charge in [-0.2, -0.15) is 5.10 Å². The number of carbonyl (C=O) groups is 2. The van der Waals surface area contributed by atoms with Crippen molar-refractivity contribution in [2.75, 3.05) is 12.8 Å². The zero-order valence-electron chi connectivity index (χ0n) is 11.4. The van der Waals surface area contributed by atoms with E-state index >= 15 is 0 Å². The number of nitrogens with one attached hydrogen (secondary N) is 1. The van der Waals surface area contributed by atoms with E-state index in [1.165, 1.54) is 4.68 Å². The van der Waals surface area contributed by atoms with Crippen molar-refractivity contribution in [1.82, 2.24) is 15.1 Å². The van der Waals surface area contributed by atoms with Crippen molar-refractivity contribution in [1.29, 1.82) is 0 Å². The van der Waals surface area contributed by atoms with Crippen LogP contribution < -0.4 is 15.8 Å². The third kappa shape index (κ3) is 2.33. The zero-order valence-corrected chi connectivity index (χ0v) is 11.4. The molecule has 7 nitrogen and oxygen atoms in total. The summed E-state index contributed by atoms with van der Waals surface area (Å²) in [4.78, 5) is 23.2. The van der Waals surface area contributed by atoms with Crippen LogP contribution in [0.5, 0.6) is 5.75 Å². The normalized spacial score (nSPS) is 13.8. The Kier molecular flexibility index (Phi) is 3.09. The SMILES string of the molecule is COc1cccc(Cn2nc3c(c2N)C(=O)NC(=O)C3)c1. The number of nitrogens with two attached hydrogens (primary N) is 1. The third-order valence-corrected chi connectivity index (χ3v) is 3.34. The molecule has 108 valence electrons. The molecule has 0 unspecified atom stereocenters. The molecule has 0 spiro atoms. The molecule has 2 heterocycles. The third-order valence-electron chi connectivity index (χ3n) is 3.34. The minimum absolute atomic E-state index is 0.0659. The van der Waals surface area contributed by atoms with E-state index in [0.717, 1.165) is 11.3 Å². The van der Waals surface area contributed by atoms with Gasteiger partial charge in [-0.05, 0) is 17.7 Å². The lowest BCUT2D eigenvalue weighted by Crippen LogP contribution is -2.37. The molecule has 21 heavy (non-hydrogen) atoms. The van der Waals surface area contributed by atoms with Gasteiger partial charge in [0.05, 0.1) is 25.8 Å². The molecule has 0 radical (unpaired) electrons. The summed E-state index contributed by atoms with van der Waals surface area (Å²) in [6, 6.07) is 7.48. The van der Waals surface area contributed by atoms with E-state index < -0.39 is 5.91 Å². The topological polar surface area (TPSA) is 99.2 Å². The number of methoxy groups -OCH3 is 1. The fourth-order valence-corrected chi connectivity index (χ4v) is 2.35. The molecule has 0 atom stereocenters. The van der Waals surface area contributed by atoms with Crippen molar-refractivity contribution in [2.24, 2.45) is 0 Å². The van der Waals surface area contributed by atoms with Gasteiger partial charge >= 0.3 is 0 Å². The number of nitrogen functional groups attached to an aromatic ring is 1. The molecule has 1 aliphatic heterocycles. The highest BCUT2D eigenvalue weighted by molar-refractivity contribution is 6.11. The number of amides is 2. The van der Waals surface area contributed by atoms with Crippen LogP contribution in [-0.2, 0) is 17.8 Å². The number of anilines is 1. The predicted molar refractivity (Wildman–Crippen MR) is 74.9 cm³/mol. The van der Waals surface area contributed by atoms with Gasteiger partial charge in [0, 0.05) is 0 Å². The number of ether oxygens (including phenoxy) is 1. The van der Waals surface area contributed by atoms with Crippen molar-refractivity contribution in [3.05, 3.63) is 41.1 Å². The van der Waals surface area contributed by atoms with E-state index in [0.29, 0.717) is 12.2 Å². The Labute approximate surface area is 120 Å². The lowest BCUT2D eigenvalue weighted by molar-refractivity contribution is -0.119. The molecule has 3 N–H and O–H groups in total. The Morgan fingerprint density at radius 1 is 1.43 bits per heavy atom. The molecule has 1 aliphatic rings. The molecule has 3 rings (SSSR count). The van der Waals surface area contributed by atoms with Crippen LogP contribution in [0.1, 0.15) is 21.6 Å². The van der Waals surface area contributed by atoms with Gasteiger partial charge in [-0.3, -0.25) is 14.9 Å². The Morgan fingerprint density at radius 3 is 3.00 bits per heavy atom. The number of hydrogen-bond donors (Lipinski definition) is 2. The van der Waals surface area contributed by atoms with Crippen LogP contribution in [0.25, 0.3) is 0 Å². The van der Waals surface area contributed by atoms with Gasteiger partial charge < -0.3 is 10.5 Å². The average Bonchev–Trinajstić information content (AvgIpc) is 2.75. The maximum absolute atomic E-state index is 11.8. The second kappa shape index (κ2) is 4.93. The number of rotatable bonds is 3. The first kappa shape index (κ1) is 13.2. The summed E-state index contributed by atoms with van der Waals surface area (Å²) in [5.74, 6) is 0.142. The quantitative estimate of drug-likeness (QED) is 0.792. The summed E-state index contributed by atoms with van der Waals surface area (Å²) < 4.78 is 6.69. The number of benzene rings is 1. The van der Waals surface area contributed by atoms with Crippen LogP contribution in [0.2, 0.25) is 0 Å². The molecular weight excluding hydrogens is 272 g/mol. The van der Waals surface area contributed by atoms with Gasteiger partial charge in [0.1, 0.15) is 17.1 Å². The summed E-state index contributed by atoms with van der Waals surface area (Å²) >= 11 is 0. The molecule has 1 aromatic heterocycles. The summed E-state index contributed by atoms with van der Waals surface area (Å²) in [5.41, 5.74) is 7.62. The largest absolute Gasteiger partial charge is 0.497 e. The Morgan fingerprint density at radius 2 is 2.24 bits per heavy atom. The fraction of sp³-hybridized carbons (Fsp3) is 0.214. The number of fused-ring (bicyclic) bond motifs is 1. The average molecular weight is 286 g/mol. The van der Waals surface area contributed by atoms with Gasteiger partial charge in [0.15, 0.2) is 0 Å². The second-order valence-electron chi connectivity index (χ2n) is 4.77. The van der Waals surface area contributed by atoms with Crippen LogP contribution in [-0.4, -0.2) is 28.7 Å². The Bertz CT molecular complexity index is 736. The van der Waals surface area contributed by atoms with E-state index in [9.17, 15) is 9.59 Å². The highest BCUT2D eigenvalue weighted by atomic mass is 16.5. The number of imide groups is 1. The Hall–Kier alpha value is -2.83. The summed E-state index contributed by atoms with van der Waals surface area (Å²) in [6.07, 6.45) is 0.0659. The molecule has 7 heteroatoms. The van der Waals surface area contributed by atoms with Gasteiger partial charge in [-0.1, -0.05) is 12.1 Å². The van der Waals surface area contributed by atoms with E-state index in [1.807, 2.05) is 24.3 Å². The maximum Gasteiger partial charge on any atom is 0.263 e. The van der Waals surface area contributed by atoms with E-state index in [1.54, 1.807) is 7.11 Å². The highest BCUT2D eigenvalue weighted by Crippen LogP contribution is 2.22. The number of hydrogen-bond acceptors (Lipinski definition) is 5. The van der Waals surface area contributed by atoms with E-state index in [-0.39, 0.29) is 23.7 Å². The van der Waals surface area contributed by atoms with Gasteiger partial charge in [0.2, 0.25) is 5.91 Å². The molecule has 0 fully saturated rings. The summed E-state index contributed by atoms with van der Waals surface area (Å²) in [5, 5.41) is 6.51. The first-order valence-electron chi connectivity index (χ1n) is 6.40. The predicted octanol–water partition coefficient (Wildman–Crippen LogP) is 0.335. The molecule has 0 saturated heterocycles. The lowest BCUT2D eigenvalue weighted by Gasteiger charge is -2.09. The van der Waals surface area contributed by atoms with Gasteiger partial charge in [-0.25, -0.2) is 4.68 Å². The number of carbonyl (C=O) groups excluding carboxylic acids is 2. The molecule has 0 saturated carbocycles. The van der Waals surface area contributed by atoms with Crippen LogP contribution in [0.3, 0.4) is 0 Å². The number of aromatic nitrogens is 2. The molecule has 0 aliphatic carbocycles. The standard InChI is InChI=1S/C14H14N4O3/c1-21-9-4-2-3-8(5-9)7-18-13(15)12-10(17-18)6-11(19)16-14(12)20/h2-5H,6-7,15H2,1H3,(H,16,19,20).